The first-order valence-electron chi connectivity index (χ1n) is 14.7. The maximum atomic E-state index is 6.40. The van der Waals surface area contributed by atoms with E-state index in [4.69, 9.17) is 9.40 Å². The zero-order valence-electron chi connectivity index (χ0n) is 23.2. The minimum absolute atomic E-state index is 0.0733. The van der Waals surface area contributed by atoms with E-state index >= 15 is 0 Å². The van der Waals surface area contributed by atoms with Crippen LogP contribution in [0.4, 0.5) is 0 Å². The first-order chi connectivity index (χ1) is 19.6. The molecule has 0 radical (unpaired) electrons. The van der Waals surface area contributed by atoms with Crippen molar-refractivity contribution in [2.45, 2.75) is 50.9 Å². The van der Waals surface area contributed by atoms with Crippen molar-refractivity contribution < 1.29 is 4.42 Å². The number of hydrogen-bond acceptors (Lipinski definition) is 2. The van der Waals surface area contributed by atoms with E-state index in [1.54, 1.807) is 0 Å². The number of benzene rings is 2. The smallest absolute Gasteiger partial charge is 0.131 e. The Hall–Kier alpha value is -4.17. The molecule has 2 heteroatoms. The van der Waals surface area contributed by atoms with Crippen LogP contribution in [0.5, 0.6) is 0 Å². The summed E-state index contributed by atoms with van der Waals surface area (Å²) in [6, 6.07) is 22.4. The molecule has 0 amide bonds. The van der Waals surface area contributed by atoms with Crippen molar-refractivity contribution >= 4 is 17.7 Å². The molecule has 0 N–H and O–H groups in total. The zero-order chi connectivity index (χ0) is 26.8. The molecular weight excluding hydrogens is 486 g/mol. The van der Waals surface area contributed by atoms with Crippen molar-refractivity contribution in [3.8, 4) is 22.4 Å². The predicted octanol–water partition coefficient (Wildman–Crippen LogP) is 7.86. The molecule has 2 aromatic heterocycles. The third kappa shape index (κ3) is 3.59. The van der Waals surface area contributed by atoms with E-state index in [9.17, 15) is 0 Å². The Balaban J connectivity index is 1.35. The summed E-state index contributed by atoms with van der Waals surface area (Å²) in [4.78, 5) is 5.17. The molecule has 8 rings (SSSR count). The number of aromatic nitrogens is 1. The number of rotatable bonds is 3. The third-order valence-corrected chi connectivity index (χ3v) is 9.54. The highest BCUT2D eigenvalue weighted by atomic mass is 16.3. The van der Waals surface area contributed by atoms with Crippen LogP contribution in [0.15, 0.2) is 95.5 Å². The molecule has 0 spiro atoms. The lowest BCUT2D eigenvalue weighted by Gasteiger charge is -2.29. The van der Waals surface area contributed by atoms with E-state index in [-0.39, 0.29) is 5.41 Å². The second kappa shape index (κ2) is 8.93. The second-order valence-corrected chi connectivity index (χ2v) is 12.2. The molecule has 0 saturated carbocycles. The summed E-state index contributed by atoms with van der Waals surface area (Å²) in [5, 5.41) is 1.37. The summed E-state index contributed by atoms with van der Waals surface area (Å²) in [5.41, 5.74) is 12.7. The first kappa shape index (κ1) is 23.7. The molecular formula is C38H33NO. The summed E-state index contributed by atoms with van der Waals surface area (Å²) in [6.07, 6.45) is 19.7. The lowest BCUT2D eigenvalue weighted by molar-refractivity contribution is 0.415. The molecule has 40 heavy (non-hydrogen) atoms. The molecule has 0 bridgehead atoms. The van der Waals surface area contributed by atoms with E-state index in [0.717, 1.165) is 53.8 Å². The average molecular weight is 520 g/mol. The van der Waals surface area contributed by atoms with Crippen molar-refractivity contribution in [2.75, 3.05) is 0 Å². The topological polar surface area (TPSA) is 26.0 Å². The van der Waals surface area contributed by atoms with Gasteiger partial charge in [0.15, 0.2) is 0 Å². The largest absolute Gasteiger partial charge is 0.457 e. The SMILES string of the molecule is CC1(C)c2ccc(-c3cc(-c4ccccc4)nc(C4C=CC=CC4)c3)cc2C2=c3c4c(oc3=CCC21)C=CCC4. The highest BCUT2D eigenvalue weighted by molar-refractivity contribution is 5.84. The van der Waals surface area contributed by atoms with Crippen molar-refractivity contribution in [3.63, 3.8) is 0 Å². The normalized spacial score (nSPS) is 21.4. The number of pyridine rings is 1. The molecule has 2 nitrogen and oxygen atoms in total. The van der Waals surface area contributed by atoms with Gasteiger partial charge in [-0.25, -0.2) is 0 Å². The van der Waals surface area contributed by atoms with Crippen LogP contribution in [0.1, 0.15) is 67.2 Å². The van der Waals surface area contributed by atoms with Crippen LogP contribution in [0.2, 0.25) is 0 Å². The minimum atomic E-state index is 0.0733. The van der Waals surface area contributed by atoms with Crippen molar-refractivity contribution in [3.05, 3.63) is 130 Å². The molecule has 0 fully saturated rings. The van der Waals surface area contributed by atoms with Crippen molar-refractivity contribution in [1.82, 2.24) is 4.98 Å². The highest BCUT2D eigenvalue weighted by Crippen LogP contribution is 2.52. The molecule has 4 aliphatic carbocycles. The van der Waals surface area contributed by atoms with Crippen LogP contribution in [-0.4, -0.2) is 4.98 Å². The summed E-state index contributed by atoms with van der Waals surface area (Å²) >= 11 is 0. The van der Waals surface area contributed by atoms with Gasteiger partial charge in [0.1, 0.15) is 11.2 Å². The van der Waals surface area contributed by atoms with Gasteiger partial charge >= 0.3 is 0 Å². The zero-order valence-corrected chi connectivity index (χ0v) is 23.2. The number of furan rings is 1. The summed E-state index contributed by atoms with van der Waals surface area (Å²) < 4.78 is 6.40. The Morgan fingerprint density at radius 2 is 1.77 bits per heavy atom. The van der Waals surface area contributed by atoms with E-state index < -0.39 is 0 Å². The van der Waals surface area contributed by atoms with E-state index in [1.807, 2.05) is 0 Å². The van der Waals surface area contributed by atoms with E-state index in [0.29, 0.717) is 11.8 Å². The third-order valence-electron chi connectivity index (χ3n) is 9.54. The van der Waals surface area contributed by atoms with Gasteiger partial charge in [-0.1, -0.05) is 86.7 Å². The van der Waals surface area contributed by atoms with Gasteiger partial charge in [-0.15, -0.1) is 0 Å². The van der Waals surface area contributed by atoms with Gasteiger partial charge in [-0.05, 0) is 95.2 Å². The maximum Gasteiger partial charge on any atom is 0.131 e. The van der Waals surface area contributed by atoms with Gasteiger partial charge in [0.2, 0.25) is 0 Å². The molecule has 2 aromatic carbocycles. The Morgan fingerprint density at radius 1 is 0.875 bits per heavy atom. The fourth-order valence-electron chi connectivity index (χ4n) is 7.40. The molecule has 4 aliphatic rings. The van der Waals surface area contributed by atoms with Crippen LogP contribution in [0, 0.1) is 5.92 Å². The van der Waals surface area contributed by atoms with Gasteiger partial charge < -0.3 is 4.42 Å². The molecule has 4 aromatic rings. The van der Waals surface area contributed by atoms with Gasteiger partial charge in [-0.3, -0.25) is 4.98 Å². The Labute approximate surface area is 235 Å². The molecule has 2 unspecified atom stereocenters. The Kier molecular flexibility index (Phi) is 5.29. The Morgan fingerprint density at radius 3 is 2.62 bits per heavy atom. The van der Waals surface area contributed by atoms with Crippen LogP contribution in [-0.2, 0) is 11.8 Å². The second-order valence-electron chi connectivity index (χ2n) is 12.2. The van der Waals surface area contributed by atoms with E-state index in [1.165, 1.54) is 38.6 Å². The van der Waals surface area contributed by atoms with Crippen LogP contribution in [0.25, 0.3) is 40.1 Å². The van der Waals surface area contributed by atoms with Gasteiger partial charge in [0.25, 0.3) is 0 Å². The van der Waals surface area contributed by atoms with Crippen LogP contribution in [0.3, 0.4) is 0 Å². The highest BCUT2D eigenvalue weighted by Gasteiger charge is 2.44. The number of allylic oxidation sites excluding steroid dienone is 5. The fraction of sp³-hybridized carbons (Fsp3) is 0.237. The summed E-state index contributed by atoms with van der Waals surface area (Å²) in [6.45, 7) is 4.85. The van der Waals surface area contributed by atoms with Gasteiger partial charge in [0.05, 0.1) is 5.69 Å². The lowest BCUT2D eigenvalue weighted by Crippen LogP contribution is -2.35. The van der Waals surface area contributed by atoms with Gasteiger partial charge in [0, 0.05) is 28.0 Å². The van der Waals surface area contributed by atoms with Crippen molar-refractivity contribution in [1.29, 1.82) is 0 Å². The predicted molar refractivity (Wildman–Crippen MR) is 164 cm³/mol. The monoisotopic (exact) mass is 519 g/mol. The van der Waals surface area contributed by atoms with E-state index in [2.05, 4.69) is 117 Å². The standard InChI is InChI=1S/C38H33NO/c1-38(2)30-18-17-26(21-29(30)36-31(38)19-20-35-37(36)28-15-9-10-16-34(28)40-35)27-22-32(24-11-5-3-6-12-24)39-33(23-27)25-13-7-4-8-14-25/h3-8,10-13,16-18,20-23,25,31H,9,14-15,19H2,1-2H3. The quantitative estimate of drug-likeness (QED) is 0.275. The van der Waals surface area contributed by atoms with Gasteiger partial charge in [-0.2, -0.15) is 0 Å². The molecule has 0 aliphatic heterocycles. The molecule has 2 heterocycles. The fourth-order valence-corrected chi connectivity index (χ4v) is 7.40. The lowest BCUT2D eigenvalue weighted by atomic mass is 9.74. The maximum absolute atomic E-state index is 6.40. The first-order valence-corrected chi connectivity index (χ1v) is 14.7. The molecule has 0 saturated heterocycles. The average Bonchev–Trinajstić information content (AvgIpc) is 3.50. The molecule has 2 atom stereocenters. The summed E-state index contributed by atoms with van der Waals surface area (Å²) in [7, 11) is 0. The van der Waals surface area contributed by atoms with Crippen LogP contribution >= 0.6 is 0 Å². The molecule has 196 valence electrons. The summed E-state index contributed by atoms with van der Waals surface area (Å²) in [5.74, 6) is 1.82. The van der Waals surface area contributed by atoms with Crippen LogP contribution < -0.4 is 10.6 Å². The minimum Gasteiger partial charge on any atom is -0.457 e. The Bertz CT molecular complexity index is 1880. The number of fused-ring (bicyclic) bond motifs is 6. The number of nitrogens with zero attached hydrogens (tertiary/aromatic N) is 1. The van der Waals surface area contributed by atoms with Crippen molar-refractivity contribution in [2.24, 2.45) is 5.92 Å². The number of hydrogen-bond donors (Lipinski definition) is 0.